The molecule has 3 aromatic rings. The molecule has 7 nitrogen and oxygen atoms in total. The maximum Gasteiger partial charge on any atom is 0.387 e. The lowest BCUT2D eigenvalue weighted by Crippen LogP contribution is -2.11. The van der Waals surface area contributed by atoms with Crippen molar-refractivity contribution in [2.45, 2.75) is 13.5 Å². The second kappa shape index (κ2) is 7.32. The molecule has 138 valence electrons. The maximum absolute atomic E-state index is 12.6. The Bertz CT molecular complexity index is 1020. The highest BCUT2D eigenvalue weighted by atomic mass is 19.3. The molecule has 0 aliphatic heterocycles. The Hall–Kier alpha value is -3.62. The quantitative estimate of drug-likeness (QED) is 0.287. The van der Waals surface area contributed by atoms with Crippen molar-refractivity contribution in [3.63, 3.8) is 0 Å². The Labute approximate surface area is 151 Å². The summed E-state index contributed by atoms with van der Waals surface area (Å²) in [4.78, 5) is 26.8. The molecule has 0 N–H and O–H groups in total. The van der Waals surface area contributed by atoms with Crippen LogP contribution in [-0.2, 0) is 0 Å². The second-order valence-electron chi connectivity index (χ2n) is 5.48. The third kappa shape index (κ3) is 3.97. The van der Waals surface area contributed by atoms with Crippen LogP contribution in [0.4, 0.5) is 14.5 Å². The van der Waals surface area contributed by atoms with Crippen molar-refractivity contribution in [2.24, 2.45) is 0 Å². The predicted molar refractivity (Wildman–Crippen MR) is 91.2 cm³/mol. The van der Waals surface area contributed by atoms with Crippen LogP contribution in [0.1, 0.15) is 16.1 Å². The van der Waals surface area contributed by atoms with Crippen LogP contribution < -0.4 is 9.47 Å². The first-order chi connectivity index (χ1) is 12.8. The van der Waals surface area contributed by atoms with E-state index in [4.69, 9.17) is 4.74 Å². The number of fused-ring (bicyclic) bond motifs is 1. The number of benzene rings is 2. The van der Waals surface area contributed by atoms with Gasteiger partial charge in [0.1, 0.15) is 11.3 Å². The van der Waals surface area contributed by atoms with Crippen LogP contribution in [-0.4, -0.2) is 22.5 Å². The van der Waals surface area contributed by atoms with Gasteiger partial charge in [-0.25, -0.2) is 9.78 Å². The average Bonchev–Trinajstić information content (AvgIpc) is 2.61. The number of carbonyl (C=O) groups excluding carboxylic acids is 1. The van der Waals surface area contributed by atoms with E-state index in [-0.39, 0.29) is 33.7 Å². The van der Waals surface area contributed by atoms with E-state index in [1.165, 1.54) is 48.5 Å². The number of nitro groups is 1. The van der Waals surface area contributed by atoms with Crippen LogP contribution in [0.15, 0.2) is 48.5 Å². The number of esters is 1. The molecule has 9 heteroatoms. The van der Waals surface area contributed by atoms with Gasteiger partial charge in [0.15, 0.2) is 5.75 Å². The zero-order valence-corrected chi connectivity index (χ0v) is 13.9. The van der Waals surface area contributed by atoms with Gasteiger partial charge in [0.2, 0.25) is 0 Å². The Morgan fingerprint density at radius 3 is 2.52 bits per heavy atom. The highest BCUT2D eigenvalue weighted by molar-refractivity contribution is 6.05. The minimum absolute atomic E-state index is 0.105. The second-order valence-corrected chi connectivity index (χ2v) is 5.48. The number of pyridine rings is 1. The van der Waals surface area contributed by atoms with E-state index in [2.05, 4.69) is 9.72 Å². The van der Waals surface area contributed by atoms with Crippen LogP contribution in [0.5, 0.6) is 11.5 Å². The lowest BCUT2D eigenvalue weighted by molar-refractivity contribution is -0.384. The van der Waals surface area contributed by atoms with Gasteiger partial charge in [0, 0.05) is 23.2 Å². The standard InChI is InChI=1S/C18H12F2N2O5/c1-10-9-14(13-3-2-4-15(16(13)21-10)27-18(19)20)17(23)26-12-7-5-11(6-8-12)22(24)25/h2-9,18H,1H3. The van der Waals surface area contributed by atoms with Crippen LogP contribution in [0.2, 0.25) is 0 Å². The number of nitro benzene ring substituents is 1. The Morgan fingerprint density at radius 1 is 1.19 bits per heavy atom. The van der Waals surface area contributed by atoms with Crippen molar-refractivity contribution in [3.8, 4) is 11.5 Å². The molecule has 1 heterocycles. The van der Waals surface area contributed by atoms with E-state index in [9.17, 15) is 23.7 Å². The summed E-state index contributed by atoms with van der Waals surface area (Å²) in [7, 11) is 0. The molecule has 0 saturated carbocycles. The summed E-state index contributed by atoms with van der Waals surface area (Å²) in [6.07, 6.45) is 0. The molecular weight excluding hydrogens is 362 g/mol. The molecule has 3 rings (SSSR count). The Morgan fingerprint density at radius 2 is 1.89 bits per heavy atom. The lowest BCUT2D eigenvalue weighted by atomic mass is 10.1. The fraction of sp³-hybridized carbons (Fsp3) is 0.111. The summed E-state index contributed by atoms with van der Waals surface area (Å²) in [5.74, 6) is -0.808. The predicted octanol–water partition coefficient (Wildman–Crippen LogP) is 4.27. The minimum atomic E-state index is -3.03. The van der Waals surface area contributed by atoms with Crippen LogP contribution in [0.3, 0.4) is 0 Å². The van der Waals surface area contributed by atoms with Crippen molar-refractivity contribution in [3.05, 3.63) is 69.9 Å². The van der Waals surface area contributed by atoms with E-state index in [1.807, 2.05) is 0 Å². The van der Waals surface area contributed by atoms with E-state index < -0.39 is 17.5 Å². The van der Waals surface area contributed by atoms with Gasteiger partial charge >= 0.3 is 12.6 Å². The van der Waals surface area contributed by atoms with E-state index in [0.29, 0.717) is 5.69 Å². The van der Waals surface area contributed by atoms with E-state index in [1.54, 1.807) is 6.92 Å². The number of alkyl halides is 2. The van der Waals surface area contributed by atoms with E-state index in [0.717, 1.165) is 0 Å². The molecule has 0 saturated heterocycles. The van der Waals surface area contributed by atoms with Crippen molar-refractivity contribution in [2.75, 3.05) is 0 Å². The van der Waals surface area contributed by atoms with Crippen LogP contribution in [0, 0.1) is 17.0 Å². The number of carbonyl (C=O) groups is 1. The van der Waals surface area contributed by atoms with Gasteiger partial charge in [-0.3, -0.25) is 10.1 Å². The van der Waals surface area contributed by atoms with Crippen molar-refractivity contribution in [1.29, 1.82) is 0 Å². The molecule has 0 radical (unpaired) electrons. The number of non-ortho nitro benzene ring substituents is 1. The smallest absolute Gasteiger partial charge is 0.387 e. The number of aryl methyl sites for hydroxylation is 1. The highest BCUT2D eigenvalue weighted by Crippen LogP contribution is 2.29. The topological polar surface area (TPSA) is 91.6 Å². The molecule has 0 bridgehead atoms. The third-order valence-electron chi connectivity index (χ3n) is 3.62. The Balaban J connectivity index is 1.97. The summed E-state index contributed by atoms with van der Waals surface area (Å²) in [6.45, 7) is -1.44. The first-order valence-corrected chi connectivity index (χ1v) is 7.67. The number of para-hydroxylation sites is 1. The van der Waals surface area contributed by atoms with Gasteiger partial charge < -0.3 is 9.47 Å². The summed E-state index contributed by atoms with van der Waals surface area (Å²) >= 11 is 0. The van der Waals surface area contributed by atoms with Gasteiger partial charge in [0.25, 0.3) is 5.69 Å². The number of aromatic nitrogens is 1. The molecule has 0 aliphatic carbocycles. The minimum Gasteiger partial charge on any atom is -0.432 e. The van der Waals surface area contributed by atoms with Gasteiger partial charge in [0.05, 0.1) is 10.5 Å². The SMILES string of the molecule is Cc1cc(C(=O)Oc2ccc([N+](=O)[O-])cc2)c2cccc(OC(F)F)c2n1. The maximum atomic E-state index is 12.6. The zero-order chi connectivity index (χ0) is 19.6. The number of hydrogen-bond acceptors (Lipinski definition) is 6. The third-order valence-corrected chi connectivity index (χ3v) is 3.62. The molecule has 2 aromatic carbocycles. The number of rotatable bonds is 5. The average molecular weight is 374 g/mol. The monoisotopic (exact) mass is 374 g/mol. The molecule has 0 aliphatic rings. The largest absolute Gasteiger partial charge is 0.432 e. The van der Waals surface area contributed by atoms with E-state index >= 15 is 0 Å². The summed E-state index contributed by atoms with van der Waals surface area (Å²) in [5.41, 5.74) is 0.473. The molecule has 0 fully saturated rings. The van der Waals surface area contributed by atoms with Crippen LogP contribution in [0.25, 0.3) is 10.9 Å². The van der Waals surface area contributed by atoms with Gasteiger partial charge in [-0.2, -0.15) is 8.78 Å². The molecule has 0 amide bonds. The molecule has 27 heavy (non-hydrogen) atoms. The van der Waals surface area contributed by atoms with Crippen LogP contribution >= 0.6 is 0 Å². The Kier molecular flexibility index (Phi) is 4.93. The van der Waals surface area contributed by atoms with Gasteiger partial charge in [-0.15, -0.1) is 0 Å². The van der Waals surface area contributed by atoms with Crippen molar-refractivity contribution < 1.29 is 28.0 Å². The van der Waals surface area contributed by atoms with Gasteiger partial charge in [-0.05, 0) is 31.2 Å². The first-order valence-electron chi connectivity index (χ1n) is 7.67. The summed E-state index contributed by atoms with van der Waals surface area (Å²) in [6, 6.07) is 10.8. The number of nitrogens with zero attached hydrogens (tertiary/aromatic N) is 2. The normalized spacial score (nSPS) is 10.8. The lowest BCUT2D eigenvalue weighted by Gasteiger charge is -2.11. The number of hydrogen-bond donors (Lipinski definition) is 0. The first kappa shape index (κ1) is 18.2. The molecule has 0 spiro atoms. The molecule has 0 atom stereocenters. The number of ether oxygens (including phenoxy) is 2. The molecule has 1 aromatic heterocycles. The summed E-state index contributed by atoms with van der Waals surface area (Å²) in [5, 5.41) is 11.0. The molecule has 0 unspecified atom stereocenters. The van der Waals surface area contributed by atoms with Gasteiger partial charge in [-0.1, -0.05) is 12.1 Å². The van der Waals surface area contributed by atoms with Crippen molar-refractivity contribution >= 4 is 22.6 Å². The highest BCUT2D eigenvalue weighted by Gasteiger charge is 2.18. The fourth-order valence-corrected chi connectivity index (χ4v) is 2.51. The zero-order valence-electron chi connectivity index (χ0n) is 13.9. The molecular formula is C18H12F2N2O5. The summed E-state index contributed by atoms with van der Waals surface area (Å²) < 4.78 is 34.9. The fourth-order valence-electron chi connectivity index (χ4n) is 2.51. The van der Waals surface area contributed by atoms with Crippen molar-refractivity contribution in [1.82, 2.24) is 4.98 Å². The number of halogens is 2.